The van der Waals surface area contributed by atoms with E-state index in [1.165, 1.54) is 19.8 Å². The number of alkyl halides is 1. The van der Waals surface area contributed by atoms with Gasteiger partial charge in [0.15, 0.2) is 11.5 Å². The number of ether oxygens (including phenoxy) is 8. The van der Waals surface area contributed by atoms with E-state index in [1.807, 2.05) is 104 Å². The fraction of sp³-hybridized carbons (Fsp3) is 0.418. The summed E-state index contributed by atoms with van der Waals surface area (Å²) in [5.74, 6) is 4.09. The summed E-state index contributed by atoms with van der Waals surface area (Å²) < 4.78 is 60.6. The summed E-state index contributed by atoms with van der Waals surface area (Å²) in [7, 11) is 0. The lowest BCUT2D eigenvalue weighted by atomic mass is 9.88. The highest BCUT2D eigenvalue weighted by Crippen LogP contribution is 2.50. The average Bonchev–Trinajstić information content (AvgIpc) is 1.56. The Morgan fingerprint density at radius 1 is 0.434 bits per heavy atom. The number of aromatic amines is 1. The van der Waals surface area contributed by atoms with Gasteiger partial charge in [-0.2, -0.15) is 5.10 Å². The van der Waals surface area contributed by atoms with Gasteiger partial charge in [0.1, 0.15) is 152 Å². The van der Waals surface area contributed by atoms with Crippen molar-refractivity contribution in [2.75, 3.05) is 35.7 Å². The van der Waals surface area contributed by atoms with Crippen molar-refractivity contribution in [1.82, 2.24) is 10.2 Å². The van der Waals surface area contributed by atoms with Crippen LogP contribution in [0.2, 0.25) is 20.1 Å². The molecule has 684 valence electrons. The first kappa shape index (κ1) is 92.1. The van der Waals surface area contributed by atoms with Crippen LogP contribution in [0, 0.1) is 0 Å². The lowest BCUT2D eigenvalue weighted by molar-refractivity contribution is -0.243. The van der Waals surface area contributed by atoms with Gasteiger partial charge in [-0.05, 0) is 236 Å². The molecule has 2 aliphatic carbocycles. The molecule has 0 bridgehead atoms. The Morgan fingerprint density at radius 2 is 0.853 bits per heavy atom. The van der Waals surface area contributed by atoms with E-state index in [0.29, 0.717) is 81.1 Å². The second-order valence-electron chi connectivity index (χ2n) is 35.4. The standard InChI is InChI=1S/C25H29ClFNO5.C25H24ClNO5.C24H25ClN2O5.C24H28ClNO6/c26-17-5-4-15(24-23(31)22(30)21(29)20(12-27)32-24)11-16(17)9-14-3-6-19-18(10-14)28-13-25(33-19)7-1-2-8-25;1-13-22(28)23(29)24(30)25(31-13)15-7-8-17(26)16(12-15)10-14-6-9-21-19(11-14)27-18-4-2-3-5-20(18)32-21;1-2-18-21(28)22(29)23(30)24(32-18)13-4-5-17(25)14(9-13)7-12-3-6-19-16(8-12)20-15(11-31-19)10-26-27-20;1-12(27)22-20(29)19(28)21(30)23(31-22)14-3-4-16(25)15(10-14)8-13-2-5-18-17(9-13)26-11-24(32-18)6-7-24/h3-6,10-11,20-24,28-31H,1-2,7-9,12-13H2;2-9,11-13,22-25,27-30H,10H2,1H3;3-6,8-10,18,21-24,28-30H,2,7,11H2,1H3,(H,26,27);2-5,9-10,12,19-23,26-30H,6-8,11H2,1H3/t20-,21-,22+,23-,24+;13-,22-,23+,24-,25+;18-,21-,22+,23-,24+;12?,19-,20-,21+,22+,23-/m1110/s1. The minimum atomic E-state index is -1.50. The Bertz CT molecular complexity index is 5670. The second kappa shape index (κ2) is 38.8. The number of hydrogen-bond acceptors (Lipinski definition) is 25. The number of nitrogens with one attached hydrogen (secondary N) is 4. The number of aromatic nitrogens is 2. The van der Waals surface area contributed by atoms with E-state index in [0.717, 1.165) is 152 Å². The molecule has 2 spiro atoms. The quantitative estimate of drug-likeness (QED) is 0.0453. The summed E-state index contributed by atoms with van der Waals surface area (Å²) in [5.41, 5.74) is 16.7. The number of aliphatic hydroxyl groups excluding tert-OH is 13. The van der Waals surface area contributed by atoms with Crippen molar-refractivity contribution >= 4 is 69.2 Å². The van der Waals surface area contributed by atoms with Crippen LogP contribution in [0.15, 0.2) is 176 Å². The highest BCUT2D eigenvalue weighted by atomic mass is 35.5. The van der Waals surface area contributed by atoms with E-state index in [-0.39, 0.29) is 11.2 Å². The van der Waals surface area contributed by atoms with E-state index in [4.69, 9.17) is 84.3 Å². The molecule has 20 rings (SSSR count). The number of aliphatic hydroxyl groups is 13. The molecule has 26 nitrogen and oxygen atoms in total. The predicted octanol–water partition coefficient (Wildman–Crippen LogP) is 13.2. The van der Waals surface area contributed by atoms with Crippen LogP contribution < -0.4 is 34.9 Å². The first-order valence-electron chi connectivity index (χ1n) is 43.7. The molecule has 10 aromatic rings. The van der Waals surface area contributed by atoms with Crippen LogP contribution in [-0.2, 0) is 51.2 Å². The molecule has 8 aliphatic heterocycles. The fourth-order valence-corrected chi connectivity index (χ4v) is 19.3. The van der Waals surface area contributed by atoms with Gasteiger partial charge in [0.05, 0.1) is 66.0 Å². The SMILES string of the molecule is CC(O)[C@H]1O[C@@H](c2ccc(Cl)c(Cc3ccc4c(c3)NCC3(CC3)O4)c2)[C@H](O)[C@@H](O)[C@@H]1O.CC[C@H]1O[C@@H](c2ccc(Cl)c(Cc3ccc4c(c3)-c3[nH]ncc3CO4)c2)[C@H](O)[C@@H](O)[C@@H]1O.C[C@H]1O[C@@H](c2ccc(Cl)c(Cc3ccc4c(c3)Nc3ccccc3O4)c2)[C@H](O)[C@@H](O)[C@@H]1O.O[C@@H]1[C@@H](O)[C@H](c2ccc(Cl)c(Cc3ccc4c(c3)NCC3(CCCC3)O4)c2)O[C@H](CF)[C@H]1O. The summed E-state index contributed by atoms with van der Waals surface area (Å²) >= 11 is 25.9. The van der Waals surface area contributed by atoms with Crippen molar-refractivity contribution in [3.63, 3.8) is 0 Å². The molecular formula is C98H106Cl4FN5O21. The van der Waals surface area contributed by atoms with Gasteiger partial charge in [0, 0.05) is 31.2 Å². The Balaban J connectivity index is 0.000000121. The average molecular weight is 1850 g/mol. The molecule has 17 N–H and O–H groups in total. The third kappa shape index (κ3) is 19.6. The number of rotatable bonds is 15. The zero-order valence-corrected chi connectivity index (χ0v) is 73.9. The Kier molecular flexibility index (Phi) is 27.7. The number of nitrogens with zero attached hydrogens (tertiary/aromatic N) is 1. The van der Waals surface area contributed by atoms with Crippen molar-refractivity contribution in [3.05, 3.63) is 268 Å². The van der Waals surface area contributed by atoms with Crippen molar-refractivity contribution in [1.29, 1.82) is 0 Å². The smallest absolute Gasteiger partial charge is 0.150 e. The molecular weight excluding hydrogens is 1740 g/mol. The predicted molar refractivity (Wildman–Crippen MR) is 482 cm³/mol. The maximum atomic E-state index is 13.3. The number of halogens is 5. The van der Waals surface area contributed by atoms with Gasteiger partial charge >= 0.3 is 0 Å². The van der Waals surface area contributed by atoms with E-state index in [9.17, 15) is 70.8 Å². The summed E-state index contributed by atoms with van der Waals surface area (Å²) in [5, 5.41) is 153. The molecule has 21 atom stereocenters. The summed E-state index contributed by atoms with van der Waals surface area (Å²) in [6, 6.07) is 53.2. The third-order valence-corrected chi connectivity index (χ3v) is 27.7. The highest BCUT2D eigenvalue weighted by Gasteiger charge is 2.51. The number of para-hydroxylation sites is 2. The van der Waals surface area contributed by atoms with Gasteiger partial charge in [-0.1, -0.05) is 138 Å². The summed E-state index contributed by atoms with van der Waals surface area (Å²) in [6.45, 7) is 6.16. The molecule has 0 amide bonds. The normalized spacial score (nSPS) is 28.8. The molecule has 9 heterocycles. The maximum Gasteiger partial charge on any atom is 0.150 e. The van der Waals surface area contributed by atoms with Crippen LogP contribution >= 0.6 is 46.4 Å². The summed E-state index contributed by atoms with van der Waals surface area (Å²) in [6.07, 6.45) is -12.4. The van der Waals surface area contributed by atoms with E-state index >= 15 is 0 Å². The van der Waals surface area contributed by atoms with Crippen LogP contribution in [0.1, 0.15) is 162 Å². The molecule has 31 heteroatoms. The van der Waals surface area contributed by atoms with E-state index in [1.54, 1.807) is 67.7 Å². The lowest BCUT2D eigenvalue weighted by Crippen LogP contribution is -2.57. The van der Waals surface area contributed by atoms with Crippen molar-refractivity contribution in [2.24, 2.45) is 0 Å². The largest absolute Gasteiger partial charge is 0.488 e. The van der Waals surface area contributed by atoms with Gasteiger partial charge in [-0.25, -0.2) is 4.39 Å². The molecule has 9 aromatic carbocycles. The van der Waals surface area contributed by atoms with Crippen LogP contribution in [0.4, 0.5) is 27.1 Å². The zero-order chi connectivity index (χ0) is 90.6. The summed E-state index contributed by atoms with van der Waals surface area (Å²) in [4.78, 5) is 0. The van der Waals surface area contributed by atoms with Crippen LogP contribution in [-0.4, -0.2) is 211 Å². The molecule has 0 radical (unpaired) electrons. The first-order chi connectivity index (χ1) is 62.0. The molecule has 1 unspecified atom stereocenters. The molecule has 6 fully saturated rings. The van der Waals surface area contributed by atoms with Crippen molar-refractivity contribution in [2.45, 2.75) is 237 Å². The van der Waals surface area contributed by atoms with Gasteiger partial charge in [0.25, 0.3) is 0 Å². The number of H-pyrrole nitrogens is 1. The lowest BCUT2D eigenvalue weighted by Gasteiger charge is -2.42. The number of anilines is 4. The van der Waals surface area contributed by atoms with E-state index in [2.05, 4.69) is 44.3 Å². The van der Waals surface area contributed by atoms with Crippen LogP contribution in [0.25, 0.3) is 11.3 Å². The second-order valence-corrected chi connectivity index (χ2v) is 37.0. The highest BCUT2D eigenvalue weighted by molar-refractivity contribution is 6.32. The Labute approximate surface area is 765 Å². The van der Waals surface area contributed by atoms with Crippen molar-refractivity contribution in [3.8, 4) is 40.0 Å². The van der Waals surface area contributed by atoms with Crippen LogP contribution in [0.5, 0.6) is 28.7 Å². The Hall–Kier alpha value is -8.80. The topological polar surface area (TPSA) is 402 Å². The number of hydrogen-bond donors (Lipinski definition) is 17. The van der Waals surface area contributed by atoms with Crippen LogP contribution in [0.3, 0.4) is 0 Å². The maximum absolute atomic E-state index is 13.3. The molecule has 1 aromatic heterocycles. The first-order valence-corrected chi connectivity index (χ1v) is 45.3. The molecule has 2 saturated carbocycles. The molecule has 129 heavy (non-hydrogen) atoms. The number of fused-ring (bicyclic) bond motifs is 7. The fourth-order valence-electron chi connectivity index (χ4n) is 18.5. The Morgan fingerprint density at radius 3 is 1.34 bits per heavy atom. The third-order valence-electron chi connectivity index (χ3n) is 26.2. The van der Waals surface area contributed by atoms with Gasteiger partial charge in [-0.15, -0.1) is 0 Å². The van der Waals surface area contributed by atoms with Crippen molar-refractivity contribution < 1.29 is 109 Å². The molecule has 4 saturated heterocycles. The van der Waals surface area contributed by atoms with Gasteiger partial charge in [0.2, 0.25) is 0 Å². The minimum Gasteiger partial charge on any atom is -0.488 e. The van der Waals surface area contributed by atoms with E-state index < -0.39 is 135 Å². The number of benzene rings is 9. The van der Waals surface area contributed by atoms with Gasteiger partial charge < -0.3 is 120 Å². The molecule has 10 aliphatic rings. The van der Waals surface area contributed by atoms with Gasteiger partial charge in [-0.3, -0.25) is 5.10 Å². The minimum absolute atomic E-state index is 0.0188. The zero-order valence-electron chi connectivity index (χ0n) is 70.9. The monoisotopic (exact) mass is 1850 g/mol.